The number of aromatic nitrogens is 1. The number of aromatic amines is 1. The first-order valence-electron chi connectivity index (χ1n) is 8.38. The summed E-state index contributed by atoms with van der Waals surface area (Å²) in [5, 5.41) is 2.90. The van der Waals surface area contributed by atoms with Crippen LogP contribution in [-0.2, 0) is 0 Å². The van der Waals surface area contributed by atoms with Crippen LogP contribution in [0.5, 0.6) is 0 Å². The highest BCUT2D eigenvalue weighted by molar-refractivity contribution is 5.97. The zero-order chi connectivity index (χ0) is 18.4. The number of anilines is 1. The Labute approximate surface area is 148 Å². The number of hydrogen-bond donors (Lipinski definition) is 4. The summed E-state index contributed by atoms with van der Waals surface area (Å²) in [5.74, 6) is -0.122. The minimum absolute atomic E-state index is 0.122. The van der Waals surface area contributed by atoms with Crippen LogP contribution in [0.25, 0.3) is 11.8 Å². The molecule has 5 heteroatoms. The van der Waals surface area contributed by atoms with E-state index in [0.717, 1.165) is 35.2 Å². The number of amides is 1. The van der Waals surface area contributed by atoms with Crippen LogP contribution < -0.4 is 16.8 Å². The average molecular weight is 338 g/mol. The van der Waals surface area contributed by atoms with Crippen LogP contribution in [0.4, 0.5) is 5.69 Å². The van der Waals surface area contributed by atoms with E-state index < -0.39 is 0 Å². The SMILES string of the molecule is C=C(CCC)CNC(=O)c1c[nH]c(/C=C(\N)c2ccccc2N)c1C. The Morgan fingerprint density at radius 2 is 2.04 bits per heavy atom. The number of hydrogen-bond acceptors (Lipinski definition) is 3. The van der Waals surface area contributed by atoms with Gasteiger partial charge in [0.25, 0.3) is 5.91 Å². The molecule has 2 aromatic rings. The highest BCUT2D eigenvalue weighted by Gasteiger charge is 2.13. The molecule has 25 heavy (non-hydrogen) atoms. The maximum atomic E-state index is 12.4. The lowest BCUT2D eigenvalue weighted by Crippen LogP contribution is -2.25. The van der Waals surface area contributed by atoms with Crippen LogP contribution >= 0.6 is 0 Å². The largest absolute Gasteiger partial charge is 0.398 e. The molecular formula is C20H26N4O. The lowest BCUT2D eigenvalue weighted by atomic mass is 10.1. The number of nitrogen functional groups attached to an aromatic ring is 1. The smallest absolute Gasteiger partial charge is 0.253 e. The Balaban J connectivity index is 2.15. The molecule has 0 aliphatic carbocycles. The molecule has 1 aromatic heterocycles. The minimum atomic E-state index is -0.122. The number of rotatable bonds is 7. The van der Waals surface area contributed by atoms with Crippen molar-refractivity contribution in [3.8, 4) is 0 Å². The lowest BCUT2D eigenvalue weighted by Gasteiger charge is -2.07. The zero-order valence-electron chi connectivity index (χ0n) is 14.9. The third-order valence-corrected chi connectivity index (χ3v) is 4.10. The number of nitrogens with one attached hydrogen (secondary N) is 2. The molecule has 5 nitrogen and oxygen atoms in total. The van der Waals surface area contributed by atoms with Gasteiger partial charge in [0.2, 0.25) is 0 Å². The van der Waals surface area contributed by atoms with Crippen molar-refractivity contribution in [2.45, 2.75) is 26.7 Å². The quantitative estimate of drug-likeness (QED) is 0.460. The second-order valence-electron chi connectivity index (χ2n) is 6.11. The molecule has 1 aromatic carbocycles. The summed E-state index contributed by atoms with van der Waals surface area (Å²) in [5.41, 5.74) is 17.3. The molecule has 0 atom stereocenters. The molecule has 0 bridgehead atoms. The third kappa shape index (κ3) is 4.53. The van der Waals surface area contributed by atoms with Crippen molar-refractivity contribution in [1.29, 1.82) is 0 Å². The number of nitrogens with two attached hydrogens (primary N) is 2. The molecule has 0 unspecified atom stereocenters. The van der Waals surface area contributed by atoms with Gasteiger partial charge in [0.05, 0.1) is 5.56 Å². The maximum Gasteiger partial charge on any atom is 0.253 e. The first-order valence-corrected chi connectivity index (χ1v) is 8.38. The monoisotopic (exact) mass is 338 g/mol. The van der Waals surface area contributed by atoms with E-state index in [0.29, 0.717) is 23.5 Å². The molecule has 0 saturated heterocycles. The number of carbonyl (C=O) groups excluding carboxylic acids is 1. The maximum absolute atomic E-state index is 12.4. The second-order valence-corrected chi connectivity index (χ2v) is 6.11. The Morgan fingerprint density at radius 3 is 2.72 bits per heavy atom. The van der Waals surface area contributed by atoms with Crippen molar-refractivity contribution < 1.29 is 4.79 Å². The zero-order valence-corrected chi connectivity index (χ0v) is 14.9. The molecule has 1 heterocycles. The Morgan fingerprint density at radius 1 is 1.32 bits per heavy atom. The van der Waals surface area contributed by atoms with Gasteiger partial charge in [0, 0.05) is 35.4 Å². The second kappa shape index (κ2) is 8.24. The van der Waals surface area contributed by atoms with Gasteiger partial charge in [0.15, 0.2) is 0 Å². The highest BCUT2D eigenvalue weighted by Crippen LogP contribution is 2.22. The van der Waals surface area contributed by atoms with Gasteiger partial charge in [-0.3, -0.25) is 4.79 Å². The fourth-order valence-corrected chi connectivity index (χ4v) is 2.63. The Kier molecular flexibility index (Phi) is 6.06. The molecular weight excluding hydrogens is 312 g/mol. The van der Waals surface area contributed by atoms with Crippen molar-refractivity contribution >= 4 is 23.4 Å². The summed E-state index contributed by atoms with van der Waals surface area (Å²) in [4.78, 5) is 15.5. The summed E-state index contributed by atoms with van der Waals surface area (Å²) in [6.45, 7) is 8.43. The summed E-state index contributed by atoms with van der Waals surface area (Å²) in [6, 6.07) is 7.42. The van der Waals surface area contributed by atoms with Crippen molar-refractivity contribution in [2.24, 2.45) is 5.73 Å². The molecule has 6 N–H and O–H groups in total. The van der Waals surface area contributed by atoms with Gasteiger partial charge in [-0.25, -0.2) is 0 Å². The number of benzene rings is 1. The molecule has 0 radical (unpaired) electrons. The third-order valence-electron chi connectivity index (χ3n) is 4.10. The van der Waals surface area contributed by atoms with Crippen molar-refractivity contribution in [3.05, 3.63) is 65.0 Å². The summed E-state index contributed by atoms with van der Waals surface area (Å²) in [7, 11) is 0. The molecule has 132 valence electrons. The topological polar surface area (TPSA) is 96.9 Å². The standard InChI is InChI=1S/C20H26N4O/c1-4-7-13(2)11-24-20(25)16-12-23-19(14(16)3)10-18(22)15-8-5-6-9-17(15)21/h5-6,8-10,12,23H,2,4,7,11,21-22H2,1,3H3,(H,24,25)/b18-10-. The lowest BCUT2D eigenvalue weighted by molar-refractivity contribution is 0.0956. The Bertz CT molecular complexity index is 802. The molecule has 2 rings (SSSR count). The Hall–Kier alpha value is -2.95. The fraction of sp³-hybridized carbons (Fsp3) is 0.250. The van der Waals surface area contributed by atoms with Crippen LogP contribution in [0.3, 0.4) is 0 Å². The first kappa shape index (κ1) is 18.4. The van der Waals surface area contributed by atoms with E-state index in [1.165, 1.54) is 0 Å². The number of para-hydroxylation sites is 1. The number of carbonyl (C=O) groups is 1. The van der Waals surface area contributed by atoms with Crippen molar-refractivity contribution in [1.82, 2.24) is 10.3 Å². The van der Waals surface area contributed by atoms with Crippen LogP contribution in [0.15, 0.2) is 42.6 Å². The normalized spacial score (nSPS) is 11.4. The van der Waals surface area contributed by atoms with Gasteiger partial charge >= 0.3 is 0 Å². The van der Waals surface area contributed by atoms with Crippen molar-refractivity contribution in [2.75, 3.05) is 12.3 Å². The van der Waals surface area contributed by atoms with E-state index in [9.17, 15) is 4.79 Å². The van der Waals surface area contributed by atoms with Gasteiger partial charge in [-0.05, 0) is 31.1 Å². The van der Waals surface area contributed by atoms with E-state index in [1.807, 2.05) is 25.1 Å². The molecule has 0 aliphatic rings. The van der Waals surface area contributed by atoms with Gasteiger partial charge in [-0.2, -0.15) is 0 Å². The van der Waals surface area contributed by atoms with E-state index in [1.54, 1.807) is 18.3 Å². The highest BCUT2D eigenvalue weighted by atomic mass is 16.1. The van der Waals surface area contributed by atoms with E-state index >= 15 is 0 Å². The summed E-state index contributed by atoms with van der Waals surface area (Å²) < 4.78 is 0. The van der Waals surface area contributed by atoms with Crippen LogP contribution in [-0.4, -0.2) is 17.4 Å². The number of H-pyrrole nitrogens is 1. The van der Waals surface area contributed by atoms with E-state index in [2.05, 4.69) is 23.8 Å². The van der Waals surface area contributed by atoms with Gasteiger partial charge < -0.3 is 21.8 Å². The van der Waals surface area contributed by atoms with Crippen LogP contribution in [0.1, 0.15) is 46.9 Å². The average Bonchev–Trinajstić information content (AvgIpc) is 2.94. The predicted octanol–water partition coefficient (Wildman–Crippen LogP) is 3.45. The molecule has 0 aliphatic heterocycles. The van der Waals surface area contributed by atoms with Crippen LogP contribution in [0.2, 0.25) is 0 Å². The summed E-state index contributed by atoms with van der Waals surface area (Å²) >= 11 is 0. The first-order chi connectivity index (χ1) is 11.9. The van der Waals surface area contributed by atoms with Gasteiger partial charge in [0.1, 0.15) is 0 Å². The van der Waals surface area contributed by atoms with Gasteiger partial charge in [-0.1, -0.05) is 43.7 Å². The molecule has 0 saturated carbocycles. The van der Waals surface area contributed by atoms with E-state index in [-0.39, 0.29) is 5.91 Å². The van der Waals surface area contributed by atoms with E-state index in [4.69, 9.17) is 11.5 Å². The van der Waals surface area contributed by atoms with Gasteiger partial charge in [-0.15, -0.1) is 0 Å². The minimum Gasteiger partial charge on any atom is -0.398 e. The summed E-state index contributed by atoms with van der Waals surface area (Å²) in [6.07, 6.45) is 5.43. The molecule has 0 fully saturated rings. The predicted molar refractivity (Wildman–Crippen MR) is 105 cm³/mol. The molecule has 1 amide bonds. The fourth-order valence-electron chi connectivity index (χ4n) is 2.63. The molecule has 0 spiro atoms. The van der Waals surface area contributed by atoms with Crippen molar-refractivity contribution in [3.63, 3.8) is 0 Å². The van der Waals surface area contributed by atoms with Crippen LogP contribution in [0, 0.1) is 6.92 Å².